The van der Waals surface area contributed by atoms with Gasteiger partial charge in [0, 0.05) is 37.0 Å². The maximum atomic E-state index is 13.1. The van der Waals surface area contributed by atoms with Crippen LogP contribution in [0.5, 0.6) is 0 Å². The number of carbonyl (C=O) groups is 2. The molecule has 2 aromatic heterocycles. The summed E-state index contributed by atoms with van der Waals surface area (Å²) in [6.07, 6.45) is 7.55. The average molecular weight is 423 g/mol. The largest absolute Gasteiger partial charge is 0.468 e. The van der Waals surface area contributed by atoms with Gasteiger partial charge in [-0.1, -0.05) is 24.6 Å². The smallest absolute Gasteiger partial charge is 0.242 e. The van der Waals surface area contributed by atoms with Crippen LogP contribution in [0.3, 0.4) is 0 Å². The normalized spacial score (nSPS) is 16.7. The summed E-state index contributed by atoms with van der Waals surface area (Å²) < 4.78 is 5.67. The average Bonchev–Trinajstić information content (AvgIpc) is 3.44. The highest BCUT2D eigenvalue weighted by Crippen LogP contribution is 2.25. The summed E-state index contributed by atoms with van der Waals surface area (Å²) in [5, 5.41) is 6.95. The van der Waals surface area contributed by atoms with E-state index in [0.717, 1.165) is 48.2 Å². The van der Waals surface area contributed by atoms with Crippen molar-refractivity contribution in [3.8, 4) is 0 Å². The first-order valence-electron chi connectivity index (χ1n) is 11.0. The van der Waals surface area contributed by atoms with Crippen molar-refractivity contribution in [3.05, 3.63) is 60.2 Å². The van der Waals surface area contributed by atoms with Gasteiger partial charge in [0.15, 0.2) is 0 Å². The Morgan fingerprint density at radius 2 is 1.94 bits per heavy atom. The third-order valence-corrected chi connectivity index (χ3v) is 5.97. The Morgan fingerprint density at radius 1 is 1.13 bits per heavy atom. The van der Waals surface area contributed by atoms with Gasteiger partial charge in [-0.25, -0.2) is 0 Å². The molecule has 0 saturated carbocycles. The minimum Gasteiger partial charge on any atom is -0.468 e. The van der Waals surface area contributed by atoms with Crippen LogP contribution in [0.4, 0.5) is 0 Å². The molecule has 1 saturated heterocycles. The molecule has 3 N–H and O–H groups in total. The van der Waals surface area contributed by atoms with Crippen molar-refractivity contribution in [1.82, 2.24) is 20.5 Å². The molecule has 0 bridgehead atoms. The van der Waals surface area contributed by atoms with Gasteiger partial charge in [0.05, 0.1) is 12.3 Å². The highest BCUT2D eigenvalue weighted by atomic mass is 16.3. The van der Waals surface area contributed by atoms with Crippen LogP contribution < -0.4 is 10.6 Å². The molecule has 3 heterocycles. The molecule has 0 unspecified atom stereocenters. The molecule has 1 aliphatic rings. The lowest BCUT2D eigenvalue weighted by molar-refractivity contribution is -0.128. The number of H-pyrrole nitrogens is 1. The first-order valence-corrected chi connectivity index (χ1v) is 11.0. The summed E-state index contributed by atoms with van der Waals surface area (Å²) in [5.41, 5.74) is 2.02. The lowest BCUT2D eigenvalue weighted by atomic mass is 10.0. The van der Waals surface area contributed by atoms with E-state index in [9.17, 15) is 9.59 Å². The van der Waals surface area contributed by atoms with E-state index in [1.54, 1.807) is 6.26 Å². The lowest BCUT2D eigenvalue weighted by Crippen LogP contribution is -2.49. The van der Waals surface area contributed by atoms with Crippen LogP contribution in [0.15, 0.2) is 53.3 Å². The highest BCUT2D eigenvalue weighted by molar-refractivity contribution is 5.89. The number of fused-ring (bicyclic) bond motifs is 1. The number of nitrogens with zero attached hydrogens (tertiary/aromatic N) is 1. The van der Waals surface area contributed by atoms with Crippen LogP contribution in [0, 0.1) is 0 Å². The maximum Gasteiger partial charge on any atom is 0.242 e. The number of para-hydroxylation sites is 1. The molecule has 31 heavy (non-hydrogen) atoms. The van der Waals surface area contributed by atoms with E-state index in [1.165, 1.54) is 13.3 Å². The standard InChI is InChI=1S/C24H30N4O3/c1-17(29)27-21(14-18-15-25-20-9-4-3-8-19(18)20)24(30)26-16-22(23-10-7-13-31-23)28-11-5-2-6-12-28/h3-4,7-10,13,15,21-22,25H,2,5-6,11-12,14,16H2,1H3,(H,26,30)(H,27,29)/t21-,22-/m1/s1. The number of hydrogen-bond acceptors (Lipinski definition) is 4. The number of aromatic nitrogens is 1. The second kappa shape index (κ2) is 9.83. The zero-order valence-corrected chi connectivity index (χ0v) is 17.9. The number of rotatable bonds is 8. The number of likely N-dealkylation sites (tertiary alicyclic amines) is 1. The molecular weight excluding hydrogens is 392 g/mol. The van der Waals surface area contributed by atoms with Gasteiger partial charge in [0.2, 0.25) is 11.8 Å². The van der Waals surface area contributed by atoms with Crippen molar-refractivity contribution in [1.29, 1.82) is 0 Å². The van der Waals surface area contributed by atoms with Crippen molar-refractivity contribution in [2.45, 2.75) is 44.7 Å². The van der Waals surface area contributed by atoms with Crippen molar-refractivity contribution in [2.24, 2.45) is 0 Å². The predicted molar refractivity (Wildman–Crippen MR) is 119 cm³/mol. The second-order valence-corrected chi connectivity index (χ2v) is 8.19. The molecule has 3 aromatic rings. The Kier molecular flexibility index (Phi) is 6.72. The van der Waals surface area contributed by atoms with E-state index in [2.05, 4.69) is 20.5 Å². The number of carbonyl (C=O) groups excluding carboxylic acids is 2. The van der Waals surface area contributed by atoms with Crippen LogP contribution in [0.2, 0.25) is 0 Å². The van der Waals surface area contributed by atoms with Crippen LogP contribution in [0.25, 0.3) is 10.9 Å². The molecule has 0 radical (unpaired) electrons. The van der Waals surface area contributed by atoms with Gasteiger partial charge in [0.25, 0.3) is 0 Å². The third-order valence-electron chi connectivity index (χ3n) is 5.97. The van der Waals surface area contributed by atoms with Crippen molar-refractivity contribution in [3.63, 3.8) is 0 Å². The van der Waals surface area contributed by atoms with Gasteiger partial charge >= 0.3 is 0 Å². The predicted octanol–water partition coefficient (Wildman–Crippen LogP) is 3.15. The van der Waals surface area contributed by atoms with Crippen molar-refractivity contribution < 1.29 is 14.0 Å². The quantitative estimate of drug-likeness (QED) is 0.520. The minimum absolute atomic E-state index is 0.00897. The number of piperidine rings is 1. The minimum atomic E-state index is -0.643. The number of furan rings is 1. The van der Waals surface area contributed by atoms with E-state index in [4.69, 9.17) is 4.42 Å². The fourth-order valence-corrected chi connectivity index (χ4v) is 4.42. The van der Waals surface area contributed by atoms with Crippen LogP contribution in [-0.2, 0) is 16.0 Å². The van der Waals surface area contributed by atoms with Crippen molar-refractivity contribution in [2.75, 3.05) is 19.6 Å². The third kappa shape index (κ3) is 5.17. The van der Waals surface area contributed by atoms with Crippen LogP contribution in [0.1, 0.15) is 43.6 Å². The summed E-state index contributed by atoms with van der Waals surface area (Å²) in [6.45, 7) is 3.86. The van der Waals surface area contributed by atoms with Crippen molar-refractivity contribution >= 4 is 22.7 Å². The Hall–Kier alpha value is -3.06. The SMILES string of the molecule is CC(=O)N[C@H](Cc1c[nH]c2ccccc12)C(=O)NC[C@H](c1ccco1)N1CCCCC1. The number of benzene rings is 1. The molecule has 7 heteroatoms. The Balaban J connectivity index is 1.46. The van der Waals surface area contributed by atoms with E-state index in [-0.39, 0.29) is 17.9 Å². The number of amides is 2. The number of aromatic amines is 1. The maximum absolute atomic E-state index is 13.1. The van der Waals surface area contributed by atoms with Crippen LogP contribution in [-0.4, -0.2) is 47.4 Å². The number of nitrogens with one attached hydrogen (secondary N) is 3. The Labute approximate surface area is 182 Å². The highest BCUT2D eigenvalue weighted by Gasteiger charge is 2.27. The topological polar surface area (TPSA) is 90.4 Å². The number of hydrogen-bond donors (Lipinski definition) is 3. The fourth-order valence-electron chi connectivity index (χ4n) is 4.42. The summed E-state index contributed by atoms with van der Waals surface area (Å²) in [6, 6.07) is 11.1. The van der Waals surface area contributed by atoms with Gasteiger partial charge in [-0.05, 0) is 49.7 Å². The molecule has 4 rings (SSSR count). The molecule has 1 fully saturated rings. The second-order valence-electron chi connectivity index (χ2n) is 8.19. The summed E-state index contributed by atoms with van der Waals surface area (Å²) in [4.78, 5) is 30.5. The molecule has 7 nitrogen and oxygen atoms in total. The van der Waals surface area contributed by atoms with Gasteiger partial charge in [0.1, 0.15) is 11.8 Å². The zero-order valence-electron chi connectivity index (χ0n) is 17.9. The van der Waals surface area contributed by atoms with Gasteiger partial charge in [-0.3, -0.25) is 14.5 Å². The van der Waals surface area contributed by atoms with Gasteiger partial charge in [-0.2, -0.15) is 0 Å². The molecule has 1 aliphatic heterocycles. The van der Waals surface area contributed by atoms with Gasteiger partial charge in [-0.15, -0.1) is 0 Å². The molecular formula is C24H30N4O3. The molecule has 0 aliphatic carbocycles. The van der Waals surface area contributed by atoms with Crippen LogP contribution >= 0.6 is 0 Å². The zero-order chi connectivity index (χ0) is 21.6. The van der Waals surface area contributed by atoms with E-state index in [0.29, 0.717) is 13.0 Å². The monoisotopic (exact) mass is 422 g/mol. The summed E-state index contributed by atoms with van der Waals surface area (Å²) in [5.74, 6) is 0.447. The van der Waals surface area contributed by atoms with E-state index >= 15 is 0 Å². The van der Waals surface area contributed by atoms with E-state index < -0.39 is 6.04 Å². The molecule has 2 amide bonds. The summed E-state index contributed by atoms with van der Waals surface area (Å²) in [7, 11) is 0. The van der Waals surface area contributed by atoms with Gasteiger partial charge < -0.3 is 20.0 Å². The summed E-state index contributed by atoms with van der Waals surface area (Å²) >= 11 is 0. The Bertz CT molecular complexity index is 1000. The molecule has 1 aromatic carbocycles. The first kappa shape index (κ1) is 21.2. The van der Waals surface area contributed by atoms with E-state index in [1.807, 2.05) is 42.6 Å². The molecule has 164 valence electrons. The fraction of sp³-hybridized carbons (Fsp3) is 0.417. The first-order chi connectivity index (χ1) is 15.1. The molecule has 0 spiro atoms. The lowest BCUT2D eigenvalue weighted by Gasteiger charge is -2.33. The molecule has 2 atom stereocenters. The Morgan fingerprint density at radius 3 is 2.68 bits per heavy atom.